The summed E-state index contributed by atoms with van der Waals surface area (Å²) in [5, 5.41) is 131. The van der Waals surface area contributed by atoms with Crippen molar-refractivity contribution in [3.63, 3.8) is 0 Å². The van der Waals surface area contributed by atoms with Crippen LogP contribution in [-0.4, -0.2) is 241 Å². The van der Waals surface area contributed by atoms with Gasteiger partial charge in [0.05, 0.1) is 38.6 Å². The zero-order valence-electron chi connectivity index (χ0n) is 36.3. The van der Waals surface area contributed by atoms with Crippen molar-refractivity contribution in [1.29, 1.82) is 0 Å². The maximum Gasteiger partial charge on any atom is 0.483 e. The molecule has 0 aromatic carbocycles. The van der Waals surface area contributed by atoms with E-state index in [1.165, 1.54) is 0 Å². The second-order valence-electron chi connectivity index (χ2n) is 16.2. The van der Waals surface area contributed by atoms with Gasteiger partial charge in [0, 0.05) is 32.5 Å². The Morgan fingerprint density at radius 2 is 1.43 bits per heavy atom. The van der Waals surface area contributed by atoms with Crippen molar-refractivity contribution in [3.8, 4) is 0 Å². The molecule has 0 spiro atoms. The molecule has 4 saturated heterocycles. The molecule has 5 rings (SSSR count). The maximum atomic E-state index is 13.1. The maximum absolute atomic E-state index is 13.1. The Balaban J connectivity index is 1.27. The second-order valence-corrected chi connectivity index (χ2v) is 19.2. The number of amides is 2. The number of carboxylic acid groups (broad SMARTS) is 1. The molecule has 4 fully saturated rings. The Kier molecular flexibility index (Phi) is 19.1. The van der Waals surface area contributed by atoms with E-state index in [2.05, 4.69) is 19.5 Å². The van der Waals surface area contributed by atoms with Gasteiger partial charge in [-0.2, -0.15) is 4.31 Å². The van der Waals surface area contributed by atoms with Crippen LogP contribution < -0.4 is 21.9 Å². The SMILES string of the molecule is CC(=O)N[C@H]1[C@@H](OP(=O)(O)OP(=O)(O)OC[C@H]2O[C@@H](n3ccc(=O)[nH]c3=O)[C@H](O)[C@@H]2O)O[C@H](CO)[C@@H](O[C@@H]2O[C@H](CO[C@]3(C(=O)O)C[C@H](O)[C@@H](NC(C)=O)[C@H]([C@H](O)[C@H](O)CO)O3)[C@H](O)[C@H](O)[C@H]2O)[C@@H]1O. The van der Waals surface area contributed by atoms with Crippen LogP contribution in [0.25, 0.3) is 0 Å². The van der Waals surface area contributed by atoms with Crippen LogP contribution in [0.1, 0.15) is 26.5 Å². The minimum absolute atomic E-state index is 0.662. The van der Waals surface area contributed by atoms with Crippen LogP contribution in [0.15, 0.2) is 21.9 Å². The van der Waals surface area contributed by atoms with Gasteiger partial charge in [0.2, 0.25) is 11.8 Å². The van der Waals surface area contributed by atoms with E-state index >= 15 is 0 Å². The van der Waals surface area contributed by atoms with Gasteiger partial charge in [-0.3, -0.25) is 33.0 Å². The fourth-order valence-electron chi connectivity index (χ4n) is 7.73. The molecule has 17 N–H and O–H groups in total. The molecule has 22 atom stereocenters. The van der Waals surface area contributed by atoms with Crippen LogP contribution in [0.5, 0.6) is 0 Å². The number of aromatic amines is 1. The van der Waals surface area contributed by atoms with Gasteiger partial charge in [-0.15, -0.1) is 0 Å². The summed E-state index contributed by atoms with van der Waals surface area (Å²) in [5.74, 6) is -6.79. The quantitative estimate of drug-likeness (QED) is 0.0539. The summed E-state index contributed by atoms with van der Waals surface area (Å²) in [6.45, 7) is -2.77. The lowest BCUT2D eigenvalue weighted by atomic mass is 9.88. The Morgan fingerprint density at radius 1 is 0.829 bits per heavy atom. The second kappa shape index (κ2) is 23.3. The number of carbonyl (C=O) groups excluding carboxylic acids is 2. The van der Waals surface area contributed by atoms with Crippen LogP contribution in [0.4, 0.5) is 0 Å². The number of hydrogen-bond acceptors (Lipinski definition) is 27. The number of nitrogens with zero attached hydrogens (tertiary/aromatic N) is 1. The number of aromatic nitrogens is 2. The Morgan fingerprint density at radius 3 is 2.01 bits per heavy atom. The summed E-state index contributed by atoms with van der Waals surface area (Å²) in [6.07, 6.45) is -34.9. The van der Waals surface area contributed by atoms with Gasteiger partial charge in [-0.1, -0.05) is 0 Å². The summed E-state index contributed by atoms with van der Waals surface area (Å²) in [7, 11) is -11.8. The predicted octanol–water partition coefficient (Wildman–Crippen LogP) is -9.65. The lowest BCUT2D eigenvalue weighted by molar-refractivity contribution is -0.357. The van der Waals surface area contributed by atoms with Gasteiger partial charge < -0.3 is 110 Å². The minimum atomic E-state index is -5.98. The third-order valence-electron chi connectivity index (χ3n) is 11.2. The summed E-state index contributed by atoms with van der Waals surface area (Å²) in [5.41, 5.74) is -1.90. The molecule has 36 heteroatoms. The zero-order valence-corrected chi connectivity index (χ0v) is 38.1. The highest BCUT2D eigenvalue weighted by molar-refractivity contribution is 7.61. The fraction of sp³-hybridized carbons (Fsp3) is 0.794. The average Bonchev–Trinajstić information content (AvgIpc) is 3.55. The third-order valence-corrected chi connectivity index (χ3v) is 13.8. The summed E-state index contributed by atoms with van der Waals surface area (Å²) in [6, 6.07) is -2.79. The van der Waals surface area contributed by atoms with Crippen molar-refractivity contribution in [2.24, 2.45) is 0 Å². The van der Waals surface area contributed by atoms with Crippen LogP contribution in [0.2, 0.25) is 0 Å². The van der Waals surface area contributed by atoms with Crippen LogP contribution in [0, 0.1) is 0 Å². The summed E-state index contributed by atoms with van der Waals surface area (Å²) >= 11 is 0. The van der Waals surface area contributed by atoms with Crippen molar-refractivity contribution in [2.75, 3.05) is 26.4 Å². The molecule has 4 aliphatic rings. The fourth-order valence-corrected chi connectivity index (χ4v) is 9.89. The number of rotatable bonds is 20. The Labute approximate surface area is 391 Å². The van der Waals surface area contributed by atoms with Gasteiger partial charge in [-0.05, 0) is 0 Å². The first-order chi connectivity index (χ1) is 32.5. The number of phosphoric acid groups is 2. The van der Waals surface area contributed by atoms with E-state index in [9.17, 15) is 104 Å². The lowest BCUT2D eigenvalue weighted by Gasteiger charge is -2.48. The summed E-state index contributed by atoms with van der Waals surface area (Å²) < 4.78 is 73.3. The van der Waals surface area contributed by atoms with Gasteiger partial charge in [0.1, 0.15) is 85.4 Å². The lowest BCUT2D eigenvalue weighted by Crippen LogP contribution is -2.69. The molecule has 0 bridgehead atoms. The van der Waals surface area contributed by atoms with Gasteiger partial charge in [0.25, 0.3) is 11.3 Å². The molecule has 0 radical (unpaired) electrons. The number of aliphatic carboxylic acids is 1. The first kappa shape index (κ1) is 57.6. The number of aliphatic hydroxyl groups excluding tert-OH is 11. The number of ether oxygens (including phenoxy) is 6. The van der Waals surface area contributed by atoms with Crippen molar-refractivity contribution in [3.05, 3.63) is 33.1 Å². The molecule has 400 valence electrons. The van der Waals surface area contributed by atoms with E-state index < -0.39 is 200 Å². The number of hydrogen-bond donors (Lipinski definition) is 17. The number of aliphatic hydroxyl groups is 11. The molecular weight excluding hydrogens is 1010 g/mol. The van der Waals surface area contributed by atoms with Crippen molar-refractivity contribution < 1.29 is 136 Å². The zero-order chi connectivity index (χ0) is 52.4. The number of H-pyrrole nitrogens is 1. The van der Waals surface area contributed by atoms with Gasteiger partial charge in [0.15, 0.2) is 18.8 Å². The van der Waals surface area contributed by atoms with Crippen LogP contribution in [-0.2, 0) is 65.3 Å². The van der Waals surface area contributed by atoms with Gasteiger partial charge in [-0.25, -0.2) is 18.7 Å². The molecule has 2 amide bonds. The minimum Gasteiger partial charge on any atom is -0.477 e. The highest BCUT2D eigenvalue weighted by atomic mass is 31.3. The standard InChI is InChI=1S/C34H54N4O30P2/c1-10(41)35-18-12(43)5-34(32(53)54,66-28(18)20(46)13(44)6-39)60-8-15-21(47)24(50)26(52)31(64-15)65-27-14(7-40)63-30(19(23(27)49)36-11(2)42)67-70(58,59)68-69(56,57)61-9-16-22(48)25(51)29(62-16)38-4-3-17(45)37-33(38)55/h3-4,12-16,18-31,39-40,43-44,46-52H,5-9H2,1-2H3,(H,35,41)(H,36,42)(H,53,54)(H,56,57)(H,58,59)(H,37,45,55)/t12-,13+,14+,15+,16+,18+,19+,20+,21-,22+,23+,24-,25+,26+,27+,28+,29+,30+,31-,34+/m0/s1. The van der Waals surface area contributed by atoms with E-state index in [1.807, 2.05) is 4.98 Å². The van der Waals surface area contributed by atoms with E-state index in [1.54, 1.807) is 0 Å². The largest absolute Gasteiger partial charge is 0.483 e. The van der Waals surface area contributed by atoms with E-state index in [-0.39, 0.29) is 0 Å². The predicted molar refractivity (Wildman–Crippen MR) is 214 cm³/mol. The number of carbonyl (C=O) groups is 3. The number of phosphoric ester groups is 2. The molecule has 70 heavy (non-hydrogen) atoms. The van der Waals surface area contributed by atoms with Crippen LogP contribution in [0.3, 0.4) is 0 Å². The molecule has 1 aromatic rings. The van der Waals surface area contributed by atoms with Crippen molar-refractivity contribution >= 4 is 33.4 Å². The summed E-state index contributed by atoms with van der Waals surface area (Å²) in [4.78, 5) is 83.0. The first-order valence-electron chi connectivity index (χ1n) is 20.6. The van der Waals surface area contributed by atoms with Crippen molar-refractivity contribution in [2.45, 2.75) is 142 Å². The molecule has 34 nitrogen and oxygen atoms in total. The highest BCUT2D eigenvalue weighted by Gasteiger charge is 2.58. The average molecular weight is 1060 g/mol. The third kappa shape index (κ3) is 13.2. The monoisotopic (exact) mass is 1060 g/mol. The van der Waals surface area contributed by atoms with E-state index in [0.717, 1.165) is 26.1 Å². The molecule has 2 unspecified atom stereocenters. The van der Waals surface area contributed by atoms with Crippen molar-refractivity contribution in [1.82, 2.24) is 20.2 Å². The highest BCUT2D eigenvalue weighted by Crippen LogP contribution is 2.61. The van der Waals surface area contributed by atoms with Gasteiger partial charge >= 0.3 is 27.3 Å². The normalized spacial score (nSPS) is 39.5. The number of nitrogens with one attached hydrogen (secondary N) is 3. The Hall–Kier alpha value is -3.33. The topological polar surface area (TPSA) is 531 Å². The van der Waals surface area contributed by atoms with E-state index in [0.29, 0.717) is 4.57 Å². The Bertz CT molecular complexity index is 2210. The molecule has 0 aliphatic carbocycles. The molecular formula is C34H54N4O30P2. The number of carboxylic acids is 1. The smallest absolute Gasteiger partial charge is 0.477 e. The van der Waals surface area contributed by atoms with Crippen LogP contribution >= 0.6 is 15.6 Å². The van der Waals surface area contributed by atoms with E-state index in [4.69, 9.17) is 32.9 Å². The molecule has 1 aromatic heterocycles. The molecule has 5 heterocycles. The first-order valence-corrected chi connectivity index (χ1v) is 23.6. The molecule has 0 saturated carbocycles. The molecule has 4 aliphatic heterocycles.